The Hall–Kier alpha value is -1.35. The Kier molecular flexibility index (Phi) is 4.26. The zero-order valence-electron chi connectivity index (χ0n) is 12.3. The van der Waals surface area contributed by atoms with Crippen LogP contribution in [0.5, 0.6) is 0 Å². The molecule has 1 aromatic rings. The standard InChI is InChI=1S/C14H21N3O4S.H2/c1-2-22(19,20)17-7-5-11(6-8-17)15-14(18)12-9-13(21-16-12)10-3-4-10;/h2,9-11,19-20H,1,3-8H2,(H,15,18);1H. The van der Waals surface area contributed by atoms with Crippen molar-refractivity contribution in [1.29, 1.82) is 0 Å². The summed E-state index contributed by atoms with van der Waals surface area (Å²) >= 11 is 0. The number of carbonyl (C=O) groups is 1. The van der Waals surface area contributed by atoms with E-state index in [0.29, 0.717) is 37.5 Å². The average molecular weight is 329 g/mol. The van der Waals surface area contributed by atoms with Crippen molar-refractivity contribution in [3.8, 4) is 0 Å². The van der Waals surface area contributed by atoms with Crippen LogP contribution >= 0.6 is 10.8 Å². The topological polar surface area (TPSA) is 98.8 Å². The molecule has 1 aliphatic heterocycles. The minimum atomic E-state index is -2.87. The van der Waals surface area contributed by atoms with Crippen molar-refractivity contribution in [2.75, 3.05) is 13.1 Å². The molecule has 1 amide bonds. The van der Waals surface area contributed by atoms with Crippen LogP contribution in [0, 0.1) is 0 Å². The highest BCUT2D eigenvalue weighted by Crippen LogP contribution is 2.45. The number of aromatic nitrogens is 1. The number of carbonyl (C=O) groups excluding carboxylic acids is 1. The molecule has 2 heterocycles. The Bertz CT molecular complexity index is 568. The molecule has 0 bridgehead atoms. The van der Waals surface area contributed by atoms with Gasteiger partial charge in [0.15, 0.2) is 5.69 Å². The molecule has 2 aliphatic rings. The molecule has 22 heavy (non-hydrogen) atoms. The molecule has 0 radical (unpaired) electrons. The van der Waals surface area contributed by atoms with Gasteiger partial charge in [-0.3, -0.25) is 13.9 Å². The summed E-state index contributed by atoms with van der Waals surface area (Å²) in [4.78, 5) is 12.1. The van der Waals surface area contributed by atoms with E-state index in [1.165, 1.54) is 5.41 Å². The molecule has 0 unspecified atom stereocenters. The smallest absolute Gasteiger partial charge is 0.273 e. The van der Waals surface area contributed by atoms with E-state index in [1.54, 1.807) is 10.4 Å². The van der Waals surface area contributed by atoms with Crippen LogP contribution in [0.4, 0.5) is 0 Å². The lowest BCUT2D eigenvalue weighted by atomic mass is 10.1. The Morgan fingerprint density at radius 3 is 2.73 bits per heavy atom. The Morgan fingerprint density at radius 1 is 1.45 bits per heavy atom. The predicted octanol–water partition coefficient (Wildman–Crippen LogP) is 2.80. The van der Waals surface area contributed by atoms with E-state index in [0.717, 1.165) is 18.6 Å². The molecule has 7 nitrogen and oxygen atoms in total. The second-order valence-corrected chi connectivity index (χ2v) is 7.77. The van der Waals surface area contributed by atoms with Crippen LogP contribution in [0.15, 0.2) is 22.6 Å². The third-order valence-electron chi connectivity index (χ3n) is 4.13. The average Bonchev–Trinajstić information content (AvgIpc) is 3.25. The Morgan fingerprint density at radius 2 is 2.14 bits per heavy atom. The number of nitrogens with one attached hydrogen (secondary N) is 1. The lowest BCUT2D eigenvalue weighted by Gasteiger charge is -2.43. The molecule has 8 heteroatoms. The molecule has 1 aliphatic carbocycles. The van der Waals surface area contributed by atoms with E-state index in [-0.39, 0.29) is 13.4 Å². The lowest BCUT2D eigenvalue weighted by Crippen LogP contribution is -2.45. The molecular weight excluding hydrogens is 306 g/mol. The minimum Gasteiger partial charge on any atom is -0.360 e. The molecule has 0 atom stereocenters. The molecule has 1 saturated carbocycles. The van der Waals surface area contributed by atoms with E-state index in [1.807, 2.05) is 0 Å². The summed E-state index contributed by atoms with van der Waals surface area (Å²) in [6.07, 6.45) is 3.51. The van der Waals surface area contributed by atoms with Crippen molar-refractivity contribution >= 4 is 16.7 Å². The first kappa shape index (κ1) is 15.5. The van der Waals surface area contributed by atoms with Gasteiger partial charge in [0.25, 0.3) is 5.91 Å². The summed E-state index contributed by atoms with van der Waals surface area (Å²) in [5.41, 5.74) is 0.319. The molecule has 0 aromatic carbocycles. The van der Waals surface area contributed by atoms with Gasteiger partial charge in [-0.15, -0.1) is 10.8 Å². The SMILES string of the molecule is C=CS(O)(O)N1CCC(NC(=O)c2cc(C3CC3)on2)CC1.[HH]. The summed E-state index contributed by atoms with van der Waals surface area (Å²) in [5.74, 6) is 0.991. The maximum absolute atomic E-state index is 12.1. The van der Waals surface area contributed by atoms with Crippen LogP contribution in [0.1, 0.15) is 49.3 Å². The molecule has 1 aromatic heterocycles. The van der Waals surface area contributed by atoms with E-state index in [4.69, 9.17) is 4.52 Å². The largest absolute Gasteiger partial charge is 0.360 e. The van der Waals surface area contributed by atoms with Crippen molar-refractivity contribution in [1.82, 2.24) is 14.8 Å². The summed E-state index contributed by atoms with van der Waals surface area (Å²) in [7, 11) is -2.87. The third-order valence-corrected chi connectivity index (χ3v) is 5.71. The second-order valence-electron chi connectivity index (χ2n) is 5.79. The van der Waals surface area contributed by atoms with Gasteiger partial charge < -0.3 is 9.84 Å². The number of piperidine rings is 1. The number of nitrogens with zero attached hydrogens (tertiary/aromatic N) is 2. The summed E-state index contributed by atoms with van der Waals surface area (Å²) < 4.78 is 26.4. The number of amides is 1. The van der Waals surface area contributed by atoms with Crippen LogP contribution in [-0.2, 0) is 0 Å². The summed E-state index contributed by atoms with van der Waals surface area (Å²) in [6.45, 7) is 4.45. The van der Waals surface area contributed by atoms with Gasteiger partial charge in [-0.1, -0.05) is 11.7 Å². The first-order chi connectivity index (χ1) is 10.5. The number of hydrogen-bond donors (Lipinski definition) is 3. The van der Waals surface area contributed by atoms with Crippen molar-refractivity contribution in [2.45, 2.75) is 37.6 Å². The Balaban J connectivity index is 0.00000192. The summed E-state index contributed by atoms with van der Waals surface area (Å²) in [6, 6.07) is 1.72. The highest BCUT2D eigenvalue weighted by atomic mass is 32.3. The summed E-state index contributed by atoms with van der Waals surface area (Å²) in [5, 5.41) is 7.93. The molecule has 3 rings (SSSR count). The third kappa shape index (κ3) is 3.35. The van der Waals surface area contributed by atoms with Gasteiger partial charge in [-0.2, -0.15) is 0 Å². The fourth-order valence-corrected chi connectivity index (χ4v) is 3.55. The van der Waals surface area contributed by atoms with Crippen LogP contribution < -0.4 is 5.32 Å². The fourth-order valence-electron chi connectivity index (χ4n) is 2.59. The van der Waals surface area contributed by atoms with Crippen molar-refractivity contribution in [2.24, 2.45) is 0 Å². The van der Waals surface area contributed by atoms with Gasteiger partial charge in [0.2, 0.25) is 0 Å². The van der Waals surface area contributed by atoms with E-state index in [9.17, 15) is 13.9 Å². The fraction of sp³-hybridized carbons (Fsp3) is 0.571. The predicted molar refractivity (Wildman–Crippen MR) is 85.7 cm³/mol. The molecule has 0 spiro atoms. The maximum Gasteiger partial charge on any atom is 0.273 e. The second kappa shape index (κ2) is 6.04. The Labute approximate surface area is 132 Å². The van der Waals surface area contributed by atoms with Crippen molar-refractivity contribution in [3.05, 3.63) is 29.5 Å². The number of hydrogen-bond acceptors (Lipinski definition) is 6. The van der Waals surface area contributed by atoms with Gasteiger partial charge in [-0.05, 0) is 25.7 Å². The monoisotopic (exact) mass is 329 g/mol. The van der Waals surface area contributed by atoms with Crippen LogP contribution in [0.25, 0.3) is 0 Å². The van der Waals surface area contributed by atoms with Gasteiger partial charge in [0.1, 0.15) is 5.76 Å². The molecule has 2 fully saturated rings. The lowest BCUT2D eigenvalue weighted by molar-refractivity contribution is 0.0914. The first-order valence-corrected chi connectivity index (χ1v) is 8.99. The van der Waals surface area contributed by atoms with E-state index >= 15 is 0 Å². The van der Waals surface area contributed by atoms with Gasteiger partial charge in [0, 0.05) is 38.0 Å². The van der Waals surface area contributed by atoms with E-state index in [2.05, 4.69) is 17.1 Å². The highest BCUT2D eigenvalue weighted by molar-refractivity contribution is 8.24. The van der Waals surface area contributed by atoms with Crippen LogP contribution in [0.2, 0.25) is 0 Å². The molecule has 1 saturated heterocycles. The van der Waals surface area contributed by atoms with E-state index < -0.39 is 10.8 Å². The van der Waals surface area contributed by atoms with Gasteiger partial charge in [-0.25, -0.2) is 4.31 Å². The minimum absolute atomic E-state index is 0. The number of rotatable bonds is 5. The van der Waals surface area contributed by atoms with Crippen LogP contribution in [0.3, 0.4) is 0 Å². The zero-order valence-corrected chi connectivity index (χ0v) is 13.1. The van der Waals surface area contributed by atoms with Crippen LogP contribution in [-0.4, -0.2) is 43.6 Å². The quantitative estimate of drug-likeness (QED) is 0.768. The maximum atomic E-state index is 12.1. The van der Waals surface area contributed by atoms with Gasteiger partial charge in [0.05, 0.1) is 0 Å². The first-order valence-electron chi connectivity index (χ1n) is 7.43. The highest BCUT2D eigenvalue weighted by Gasteiger charge is 2.30. The molecule has 124 valence electrons. The molecular formula is C14H23N3O4S. The molecule has 3 N–H and O–H groups in total. The van der Waals surface area contributed by atoms with Crippen molar-refractivity contribution in [3.63, 3.8) is 0 Å². The van der Waals surface area contributed by atoms with Gasteiger partial charge >= 0.3 is 0 Å². The normalized spacial score (nSPS) is 21.5. The van der Waals surface area contributed by atoms with Crippen molar-refractivity contribution < 1.29 is 19.8 Å². The zero-order chi connectivity index (χ0) is 15.7.